The van der Waals surface area contributed by atoms with Crippen molar-refractivity contribution in [3.05, 3.63) is 30.1 Å². The molecule has 3 nitrogen and oxygen atoms in total. The standard InChI is InChI=1S/C17H24N2O/c1-2-6-16(7-3-1)20-17-11-14(12-18-13-17)8-9-15-5-4-10-19-15/h8-9,11-13,15-16,19H,1-7,10H2. The van der Waals surface area contributed by atoms with Crippen LogP contribution >= 0.6 is 0 Å². The average Bonchev–Trinajstić information content (AvgIpc) is 3.00. The summed E-state index contributed by atoms with van der Waals surface area (Å²) in [5.41, 5.74) is 1.13. The van der Waals surface area contributed by atoms with Crippen LogP contribution in [-0.4, -0.2) is 23.7 Å². The van der Waals surface area contributed by atoms with E-state index in [1.807, 2.05) is 12.4 Å². The van der Waals surface area contributed by atoms with E-state index >= 15 is 0 Å². The molecule has 1 aromatic rings. The summed E-state index contributed by atoms with van der Waals surface area (Å²) in [4.78, 5) is 4.30. The lowest BCUT2D eigenvalue weighted by Crippen LogP contribution is -2.19. The van der Waals surface area contributed by atoms with Crippen molar-refractivity contribution < 1.29 is 4.74 Å². The summed E-state index contributed by atoms with van der Waals surface area (Å²) >= 11 is 0. The van der Waals surface area contributed by atoms with Crippen molar-refractivity contribution in [3.8, 4) is 5.75 Å². The topological polar surface area (TPSA) is 34.2 Å². The molecule has 1 unspecified atom stereocenters. The molecule has 1 saturated carbocycles. The molecule has 1 saturated heterocycles. The van der Waals surface area contributed by atoms with Crippen LogP contribution < -0.4 is 10.1 Å². The molecule has 1 N–H and O–H groups in total. The summed E-state index contributed by atoms with van der Waals surface area (Å²) in [6.45, 7) is 1.14. The largest absolute Gasteiger partial charge is 0.489 e. The minimum absolute atomic E-state index is 0.390. The lowest BCUT2D eigenvalue weighted by molar-refractivity contribution is 0.154. The molecule has 1 atom stereocenters. The van der Waals surface area contributed by atoms with Crippen LogP contribution in [0, 0.1) is 0 Å². The number of hydrogen-bond acceptors (Lipinski definition) is 3. The predicted molar refractivity (Wildman–Crippen MR) is 81.8 cm³/mol. The number of aromatic nitrogens is 1. The Bertz CT molecular complexity index is 446. The van der Waals surface area contributed by atoms with E-state index in [1.54, 1.807) is 0 Å². The summed E-state index contributed by atoms with van der Waals surface area (Å²) in [6, 6.07) is 2.63. The molecule has 0 amide bonds. The van der Waals surface area contributed by atoms with E-state index in [0.29, 0.717) is 12.1 Å². The van der Waals surface area contributed by atoms with Crippen LogP contribution in [0.3, 0.4) is 0 Å². The van der Waals surface area contributed by atoms with E-state index in [9.17, 15) is 0 Å². The van der Waals surface area contributed by atoms with E-state index in [0.717, 1.165) is 17.9 Å². The third kappa shape index (κ3) is 3.83. The van der Waals surface area contributed by atoms with E-state index in [2.05, 4.69) is 28.5 Å². The van der Waals surface area contributed by atoms with Gasteiger partial charge in [-0.3, -0.25) is 4.98 Å². The number of nitrogens with zero attached hydrogens (tertiary/aromatic N) is 1. The Labute approximate surface area is 121 Å². The van der Waals surface area contributed by atoms with Crippen molar-refractivity contribution >= 4 is 6.08 Å². The Morgan fingerprint density at radius 3 is 2.80 bits per heavy atom. The quantitative estimate of drug-likeness (QED) is 0.910. The third-order valence-corrected chi connectivity index (χ3v) is 4.21. The van der Waals surface area contributed by atoms with Crippen molar-refractivity contribution in [2.45, 2.75) is 57.1 Å². The van der Waals surface area contributed by atoms with E-state index in [1.165, 1.54) is 44.9 Å². The molecule has 2 aliphatic rings. The first-order valence-electron chi connectivity index (χ1n) is 7.93. The molecule has 1 aliphatic heterocycles. The second-order valence-corrected chi connectivity index (χ2v) is 5.89. The predicted octanol–water partition coefficient (Wildman–Crippen LogP) is 3.56. The van der Waals surface area contributed by atoms with Crippen LogP contribution in [0.5, 0.6) is 5.75 Å². The van der Waals surface area contributed by atoms with Crippen molar-refractivity contribution in [3.63, 3.8) is 0 Å². The smallest absolute Gasteiger partial charge is 0.138 e. The normalized spacial score (nSPS) is 24.3. The van der Waals surface area contributed by atoms with Gasteiger partial charge in [0.1, 0.15) is 5.75 Å². The zero-order valence-corrected chi connectivity index (χ0v) is 12.1. The maximum absolute atomic E-state index is 6.06. The van der Waals surface area contributed by atoms with Gasteiger partial charge in [-0.2, -0.15) is 0 Å². The van der Waals surface area contributed by atoms with Gasteiger partial charge in [0, 0.05) is 12.2 Å². The average molecular weight is 272 g/mol. The SMILES string of the molecule is C(=CC1CCCN1)c1cncc(OC2CCCCC2)c1. The van der Waals surface area contributed by atoms with Crippen LogP contribution in [0.4, 0.5) is 0 Å². The summed E-state index contributed by atoms with van der Waals surface area (Å²) < 4.78 is 6.06. The van der Waals surface area contributed by atoms with Crippen LogP contribution in [-0.2, 0) is 0 Å². The highest BCUT2D eigenvalue weighted by atomic mass is 16.5. The highest BCUT2D eigenvalue weighted by molar-refractivity contribution is 5.50. The Morgan fingerprint density at radius 2 is 2.00 bits per heavy atom. The number of pyridine rings is 1. The van der Waals surface area contributed by atoms with Crippen molar-refractivity contribution in [1.29, 1.82) is 0 Å². The summed E-state index contributed by atoms with van der Waals surface area (Å²) in [6.07, 6.45) is 17.4. The van der Waals surface area contributed by atoms with Gasteiger partial charge in [0.05, 0.1) is 12.3 Å². The molecule has 0 bridgehead atoms. The van der Waals surface area contributed by atoms with Crippen molar-refractivity contribution in [1.82, 2.24) is 10.3 Å². The molecule has 0 spiro atoms. The molecule has 0 aromatic carbocycles. The van der Waals surface area contributed by atoms with Crippen LogP contribution in [0.1, 0.15) is 50.5 Å². The molecule has 0 radical (unpaired) electrons. The fraction of sp³-hybridized carbons (Fsp3) is 0.588. The summed E-state index contributed by atoms with van der Waals surface area (Å²) in [7, 11) is 0. The Balaban J connectivity index is 1.59. The number of nitrogens with one attached hydrogen (secondary N) is 1. The van der Waals surface area contributed by atoms with Crippen LogP contribution in [0.15, 0.2) is 24.5 Å². The summed E-state index contributed by atoms with van der Waals surface area (Å²) in [5.74, 6) is 0.915. The van der Waals surface area contributed by atoms with Crippen LogP contribution in [0.25, 0.3) is 6.08 Å². The molecule has 3 heteroatoms. The molecular formula is C17H24N2O. The molecule has 2 heterocycles. The van der Waals surface area contributed by atoms with Gasteiger partial charge in [-0.15, -0.1) is 0 Å². The zero-order chi connectivity index (χ0) is 13.6. The lowest BCUT2D eigenvalue weighted by atomic mass is 9.98. The number of hydrogen-bond donors (Lipinski definition) is 1. The van der Waals surface area contributed by atoms with Gasteiger partial charge in [-0.05, 0) is 56.7 Å². The molecule has 1 aromatic heterocycles. The molecule has 3 rings (SSSR count). The van der Waals surface area contributed by atoms with Gasteiger partial charge in [0.15, 0.2) is 0 Å². The molecule has 108 valence electrons. The van der Waals surface area contributed by atoms with Crippen molar-refractivity contribution in [2.75, 3.05) is 6.54 Å². The minimum Gasteiger partial charge on any atom is -0.489 e. The molecular weight excluding hydrogens is 248 g/mol. The monoisotopic (exact) mass is 272 g/mol. The zero-order valence-electron chi connectivity index (χ0n) is 12.1. The van der Waals surface area contributed by atoms with Gasteiger partial charge in [-0.25, -0.2) is 0 Å². The molecule has 2 fully saturated rings. The van der Waals surface area contributed by atoms with Gasteiger partial charge in [0.25, 0.3) is 0 Å². The Morgan fingerprint density at radius 1 is 1.10 bits per heavy atom. The lowest BCUT2D eigenvalue weighted by Gasteiger charge is -2.22. The van der Waals surface area contributed by atoms with E-state index in [-0.39, 0.29) is 0 Å². The number of rotatable bonds is 4. The maximum Gasteiger partial charge on any atom is 0.138 e. The van der Waals surface area contributed by atoms with Crippen LogP contribution in [0.2, 0.25) is 0 Å². The first kappa shape index (κ1) is 13.6. The first-order chi connectivity index (χ1) is 9.90. The second-order valence-electron chi connectivity index (χ2n) is 5.89. The Kier molecular flexibility index (Phi) is 4.69. The molecule has 1 aliphatic carbocycles. The van der Waals surface area contributed by atoms with E-state index < -0.39 is 0 Å². The van der Waals surface area contributed by atoms with Gasteiger partial charge < -0.3 is 10.1 Å². The second kappa shape index (κ2) is 6.89. The third-order valence-electron chi connectivity index (χ3n) is 4.21. The highest BCUT2D eigenvalue weighted by Gasteiger charge is 2.15. The summed E-state index contributed by atoms with van der Waals surface area (Å²) in [5, 5.41) is 3.47. The van der Waals surface area contributed by atoms with Gasteiger partial charge in [0.2, 0.25) is 0 Å². The maximum atomic E-state index is 6.06. The van der Waals surface area contributed by atoms with E-state index in [4.69, 9.17) is 4.74 Å². The van der Waals surface area contributed by atoms with Gasteiger partial charge >= 0.3 is 0 Å². The molecule has 20 heavy (non-hydrogen) atoms. The minimum atomic E-state index is 0.390. The Hall–Kier alpha value is -1.35. The van der Waals surface area contributed by atoms with Crippen molar-refractivity contribution in [2.24, 2.45) is 0 Å². The fourth-order valence-electron chi connectivity index (χ4n) is 3.07. The van der Waals surface area contributed by atoms with Gasteiger partial charge in [-0.1, -0.05) is 18.6 Å². The highest BCUT2D eigenvalue weighted by Crippen LogP contribution is 2.23. The first-order valence-corrected chi connectivity index (χ1v) is 7.93. The fourth-order valence-corrected chi connectivity index (χ4v) is 3.07. The number of ether oxygens (including phenoxy) is 1.